The zero-order chi connectivity index (χ0) is 15.5. The van der Waals surface area contributed by atoms with Crippen molar-refractivity contribution in [1.82, 2.24) is 0 Å². The Morgan fingerprint density at radius 1 is 1.05 bits per heavy atom. The Hall–Kier alpha value is -1.64. The summed E-state index contributed by atoms with van der Waals surface area (Å²) in [5.41, 5.74) is 10.5. The van der Waals surface area contributed by atoms with E-state index in [9.17, 15) is 5.11 Å². The van der Waals surface area contributed by atoms with E-state index in [-0.39, 0.29) is 0 Å². The Labute approximate surface area is 127 Å². The van der Waals surface area contributed by atoms with Gasteiger partial charge in [0.1, 0.15) is 0 Å². The molecule has 0 radical (unpaired) electrons. The molecule has 0 aliphatic rings. The van der Waals surface area contributed by atoms with Gasteiger partial charge in [-0.3, -0.25) is 0 Å². The minimum absolute atomic E-state index is 0.418. The number of aliphatic hydroxyl groups is 1. The molecule has 0 bridgehead atoms. The van der Waals surface area contributed by atoms with Crippen molar-refractivity contribution in [2.24, 2.45) is 5.73 Å². The number of hydrogen-bond acceptors (Lipinski definition) is 2. The van der Waals surface area contributed by atoms with Crippen molar-refractivity contribution < 1.29 is 5.11 Å². The van der Waals surface area contributed by atoms with E-state index in [2.05, 4.69) is 44.2 Å². The minimum atomic E-state index is -0.508. The monoisotopic (exact) mass is 283 g/mol. The van der Waals surface area contributed by atoms with Gasteiger partial charge in [-0.25, -0.2) is 0 Å². The second-order valence-corrected chi connectivity index (χ2v) is 6.00. The average molecular weight is 283 g/mol. The maximum Gasteiger partial charge on any atom is 0.0624 e. The molecule has 0 heterocycles. The lowest BCUT2D eigenvalue weighted by Crippen LogP contribution is -2.46. The van der Waals surface area contributed by atoms with E-state index >= 15 is 0 Å². The summed E-state index contributed by atoms with van der Waals surface area (Å²) in [5, 5.41) is 10.4. The number of nitrogens with two attached hydrogens (primary N) is 1. The fourth-order valence-electron chi connectivity index (χ4n) is 2.90. The topological polar surface area (TPSA) is 46.2 Å². The fraction of sp³-hybridized carbons (Fsp3) is 0.368. The van der Waals surface area contributed by atoms with Crippen LogP contribution in [0.2, 0.25) is 0 Å². The first-order valence-electron chi connectivity index (χ1n) is 7.49. The van der Waals surface area contributed by atoms with Crippen LogP contribution in [0.3, 0.4) is 0 Å². The smallest absolute Gasteiger partial charge is 0.0624 e. The van der Waals surface area contributed by atoms with Crippen molar-refractivity contribution in [3.63, 3.8) is 0 Å². The summed E-state index contributed by atoms with van der Waals surface area (Å²) < 4.78 is 0. The van der Waals surface area contributed by atoms with Crippen molar-refractivity contribution in [3.05, 3.63) is 70.8 Å². The molecule has 2 rings (SSSR count). The molecule has 0 fully saturated rings. The van der Waals surface area contributed by atoms with Crippen LogP contribution >= 0.6 is 0 Å². The first-order valence-corrected chi connectivity index (χ1v) is 7.49. The third kappa shape index (κ3) is 3.17. The molecule has 0 saturated carbocycles. The maximum absolute atomic E-state index is 10.4. The Kier molecular flexibility index (Phi) is 4.81. The van der Waals surface area contributed by atoms with Crippen molar-refractivity contribution in [2.45, 2.75) is 38.7 Å². The van der Waals surface area contributed by atoms with Gasteiger partial charge in [0.05, 0.1) is 6.10 Å². The molecule has 0 spiro atoms. The quantitative estimate of drug-likeness (QED) is 0.885. The normalized spacial score (nSPS) is 15.5. The highest BCUT2D eigenvalue weighted by molar-refractivity contribution is 5.35. The summed E-state index contributed by atoms with van der Waals surface area (Å²) in [7, 11) is 0. The van der Waals surface area contributed by atoms with E-state index in [0.717, 1.165) is 12.0 Å². The van der Waals surface area contributed by atoms with Gasteiger partial charge in [0.25, 0.3) is 0 Å². The Bertz CT molecular complexity index is 592. The summed E-state index contributed by atoms with van der Waals surface area (Å²) in [4.78, 5) is 0. The molecule has 2 aromatic rings. The molecule has 0 amide bonds. The van der Waals surface area contributed by atoms with Gasteiger partial charge in [0, 0.05) is 12.0 Å². The molecule has 3 N–H and O–H groups in total. The molecule has 2 heteroatoms. The lowest BCUT2D eigenvalue weighted by Gasteiger charge is -2.36. The Balaban J connectivity index is 2.43. The van der Waals surface area contributed by atoms with Gasteiger partial charge >= 0.3 is 0 Å². The summed E-state index contributed by atoms with van der Waals surface area (Å²) in [5.74, 6) is 0. The van der Waals surface area contributed by atoms with Crippen LogP contribution < -0.4 is 5.73 Å². The molecule has 0 saturated heterocycles. The van der Waals surface area contributed by atoms with E-state index < -0.39 is 11.5 Å². The lowest BCUT2D eigenvalue weighted by molar-refractivity contribution is 0.100. The highest BCUT2D eigenvalue weighted by Gasteiger charge is 2.36. The molecule has 2 atom stereocenters. The number of benzene rings is 2. The highest BCUT2D eigenvalue weighted by atomic mass is 16.3. The standard InChI is InChI=1S/C19H25NO/c1-14-9-10-17(11-15(14)2)12-19(13-20,16(3)21)18-7-5-4-6-8-18/h4-11,16,21H,12-13,20H2,1-3H3. The van der Waals surface area contributed by atoms with Gasteiger partial charge in [0.2, 0.25) is 0 Å². The van der Waals surface area contributed by atoms with Crippen molar-refractivity contribution in [3.8, 4) is 0 Å². The molecule has 2 nitrogen and oxygen atoms in total. The van der Waals surface area contributed by atoms with Gasteiger partial charge in [0.15, 0.2) is 0 Å². The zero-order valence-corrected chi connectivity index (χ0v) is 13.1. The van der Waals surface area contributed by atoms with Gasteiger partial charge in [-0.05, 0) is 49.4 Å². The zero-order valence-electron chi connectivity index (χ0n) is 13.1. The average Bonchev–Trinajstić information content (AvgIpc) is 2.49. The van der Waals surface area contributed by atoms with Crippen molar-refractivity contribution in [1.29, 1.82) is 0 Å². The van der Waals surface area contributed by atoms with Crippen LogP contribution in [0.1, 0.15) is 29.2 Å². The second kappa shape index (κ2) is 6.42. The second-order valence-electron chi connectivity index (χ2n) is 6.00. The van der Waals surface area contributed by atoms with Gasteiger partial charge < -0.3 is 10.8 Å². The molecule has 0 aliphatic heterocycles. The van der Waals surface area contributed by atoms with Crippen LogP contribution in [-0.2, 0) is 11.8 Å². The molecule has 2 unspecified atom stereocenters. The van der Waals surface area contributed by atoms with Crippen LogP contribution in [0.4, 0.5) is 0 Å². The first kappa shape index (κ1) is 15.7. The van der Waals surface area contributed by atoms with E-state index in [1.54, 1.807) is 0 Å². The Morgan fingerprint density at radius 2 is 1.71 bits per heavy atom. The first-order chi connectivity index (χ1) is 9.99. The summed E-state index contributed by atoms with van der Waals surface area (Å²) in [6, 6.07) is 16.6. The number of aliphatic hydroxyl groups excluding tert-OH is 1. The highest BCUT2D eigenvalue weighted by Crippen LogP contribution is 2.32. The van der Waals surface area contributed by atoms with Crippen LogP contribution in [0.25, 0.3) is 0 Å². The van der Waals surface area contributed by atoms with Crippen LogP contribution in [0.15, 0.2) is 48.5 Å². The largest absolute Gasteiger partial charge is 0.392 e. The van der Waals surface area contributed by atoms with Gasteiger partial charge in [-0.2, -0.15) is 0 Å². The third-order valence-electron chi connectivity index (χ3n) is 4.60. The summed E-state index contributed by atoms with van der Waals surface area (Å²) in [6.07, 6.45) is 0.234. The predicted molar refractivity (Wildman–Crippen MR) is 88.5 cm³/mol. The van der Waals surface area contributed by atoms with Crippen molar-refractivity contribution >= 4 is 0 Å². The van der Waals surface area contributed by atoms with E-state index in [1.165, 1.54) is 16.7 Å². The Morgan fingerprint density at radius 3 is 2.24 bits per heavy atom. The molecule has 112 valence electrons. The molecular weight excluding hydrogens is 258 g/mol. The summed E-state index contributed by atoms with van der Waals surface area (Å²) in [6.45, 7) is 6.48. The number of rotatable bonds is 5. The van der Waals surface area contributed by atoms with E-state index in [1.807, 2.05) is 25.1 Å². The van der Waals surface area contributed by atoms with Gasteiger partial charge in [-0.1, -0.05) is 48.5 Å². The number of hydrogen-bond donors (Lipinski definition) is 2. The molecule has 0 aromatic heterocycles. The fourth-order valence-corrected chi connectivity index (χ4v) is 2.90. The summed E-state index contributed by atoms with van der Waals surface area (Å²) >= 11 is 0. The van der Waals surface area contributed by atoms with Gasteiger partial charge in [-0.15, -0.1) is 0 Å². The van der Waals surface area contributed by atoms with Crippen LogP contribution in [-0.4, -0.2) is 17.8 Å². The maximum atomic E-state index is 10.4. The number of aryl methyl sites for hydroxylation is 2. The molecule has 2 aromatic carbocycles. The van der Waals surface area contributed by atoms with Crippen molar-refractivity contribution in [2.75, 3.05) is 6.54 Å². The lowest BCUT2D eigenvalue weighted by atomic mass is 9.71. The molecule has 0 aliphatic carbocycles. The SMILES string of the molecule is Cc1ccc(CC(CN)(c2ccccc2)C(C)O)cc1C. The van der Waals surface area contributed by atoms with Crippen LogP contribution in [0.5, 0.6) is 0 Å². The van der Waals surface area contributed by atoms with Crippen LogP contribution in [0, 0.1) is 13.8 Å². The van der Waals surface area contributed by atoms with E-state index in [0.29, 0.717) is 6.54 Å². The predicted octanol–water partition coefficient (Wildman–Crippen LogP) is 3.12. The molecule has 21 heavy (non-hydrogen) atoms. The van der Waals surface area contributed by atoms with E-state index in [4.69, 9.17) is 5.73 Å². The molecular formula is C19H25NO. The minimum Gasteiger partial charge on any atom is -0.392 e. The third-order valence-corrected chi connectivity index (χ3v) is 4.60.